The monoisotopic (exact) mass is 246 g/mol. The van der Waals surface area contributed by atoms with Crippen molar-refractivity contribution in [3.8, 4) is 0 Å². The van der Waals surface area contributed by atoms with Crippen LogP contribution in [0, 0.1) is 0 Å². The van der Waals surface area contributed by atoms with Gasteiger partial charge in [0.1, 0.15) is 0 Å². The molecule has 0 atom stereocenters. The Morgan fingerprint density at radius 3 is 3.08 bits per heavy atom. The molecule has 1 N–H and O–H groups in total. The van der Waals surface area contributed by atoms with Gasteiger partial charge in [0.15, 0.2) is 0 Å². The molecule has 1 heterocycles. The van der Waals surface area contributed by atoms with E-state index in [4.69, 9.17) is 0 Å². The summed E-state index contributed by atoms with van der Waals surface area (Å²) < 4.78 is 1.04. The Bertz CT molecular complexity index is 242. The zero-order valence-electron chi connectivity index (χ0n) is 6.88. The molecule has 0 aliphatic heterocycles. The topological polar surface area (TPSA) is 24.9 Å². The number of hydrogen-bond donors (Lipinski definition) is 1. The second kappa shape index (κ2) is 5.56. The number of halogens is 1. The predicted octanol–water partition coefficient (Wildman–Crippen LogP) is 2.16. The number of thioether (sulfide) groups is 1. The maximum absolute atomic E-state index is 4.07. The van der Waals surface area contributed by atoms with Gasteiger partial charge in [-0.05, 0) is 29.0 Å². The minimum absolute atomic E-state index is 1.02. The smallest absolute Gasteiger partial charge is 0.0411 e. The van der Waals surface area contributed by atoms with Crippen LogP contribution in [0.4, 0.5) is 0 Å². The van der Waals surface area contributed by atoms with Crippen molar-refractivity contribution >= 4 is 27.7 Å². The van der Waals surface area contributed by atoms with E-state index in [2.05, 4.69) is 32.3 Å². The van der Waals surface area contributed by atoms with Crippen LogP contribution in [0.3, 0.4) is 0 Å². The quantitative estimate of drug-likeness (QED) is 0.652. The van der Waals surface area contributed by atoms with E-state index in [1.54, 1.807) is 18.0 Å². The number of pyridine rings is 1. The maximum Gasteiger partial charge on any atom is 0.0411 e. The summed E-state index contributed by atoms with van der Waals surface area (Å²) in [4.78, 5) is 5.28. The fourth-order valence-corrected chi connectivity index (χ4v) is 2.15. The molecule has 1 aromatic heterocycles. The summed E-state index contributed by atoms with van der Waals surface area (Å²) in [5.41, 5.74) is 0. The van der Waals surface area contributed by atoms with Crippen molar-refractivity contribution in [2.45, 2.75) is 4.90 Å². The highest BCUT2D eigenvalue weighted by molar-refractivity contribution is 9.10. The average molecular weight is 247 g/mol. The molecule has 0 saturated carbocycles. The molecule has 0 saturated heterocycles. The molecule has 0 aliphatic rings. The molecule has 0 aliphatic carbocycles. The van der Waals surface area contributed by atoms with Gasteiger partial charge in [0.05, 0.1) is 0 Å². The minimum atomic E-state index is 1.02. The first-order valence-electron chi connectivity index (χ1n) is 3.71. The second-order valence-electron chi connectivity index (χ2n) is 2.29. The highest BCUT2D eigenvalue weighted by atomic mass is 79.9. The van der Waals surface area contributed by atoms with Crippen molar-refractivity contribution < 1.29 is 0 Å². The molecule has 0 spiro atoms. The second-order valence-corrected chi connectivity index (χ2v) is 4.37. The molecule has 0 fully saturated rings. The van der Waals surface area contributed by atoms with Gasteiger partial charge in [-0.3, -0.25) is 4.98 Å². The van der Waals surface area contributed by atoms with E-state index in [0.717, 1.165) is 16.8 Å². The summed E-state index contributed by atoms with van der Waals surface area (Å²) in [5, 5.41) is 3.10. The van der Waals surface area contributed by atoms with Crippen molar-refractivity contribution in [2.75, 3.05) is 19.3 Å². The van der Waals surface area contributed by atoms with E-state index in [1.807, 2.05) is 13.2 Å². The van der Waals surface area contributed by atoms with Gasteiger partial charge in [-0.2, -0.15) is 0 Å². The maximum atomic E-state index is 4.07. The molecular formula is C8H11BrN2S. The van der Waals surface area contributed by atoms with Crippen LogP contribution >= 0.6 is 27.7 Å². The van der Waals surface area contributed by atoms with Gasteiger partial charge in [0.25, 0.3) is 0 Å². The summed E-state index contributed by atoms with van der Waals surface area (Å²) in [7, 11) is 1.96. The first-order chi connectivity index (χ1) is 5.83. The lowest BCUT2D eigenvalue weighted by Crippen LogP contribution is -2.09. The normalized spacial score (nSPS) is 10.2. The van der Waals surface area contributed by atoms with E-state index in [-0.39, 0.29) is 0 Å². The first-order valence-corrected chi connectivity index (χ1v) is 5.49. The Labute approximate surface area is 85.3 Å². The summed E-state index contributed by atoms with van der Waals surface area (Å²) in [6.07, 6.45) is 3.67. The Morgan fingerprint density at radius 1 is 1.58 bits per heavy atom. The van der Waals surface area contributed by atoms with Crippen LogP contribution < -0.4 is 5.32 Å². The molecule has 0 aromatic carbocycles. The van der Waals surface area contributed by atoms with E-state index in [1.165, 1.54) is 4.90 Å². The Balaban J connectivity index is 2.41. The molecule has 0 amide bonds. The van der Waals surface area contributed by atoms with Gasteiger partial charge < -0.3 is 5.32 Å². The van der Waals surface area contributed by atoms with Gasteiger partial charge in [0, 0.05) is 34.1 Å². The molecule has 66 valence electrons. The number of nitrogens with zero attached hydrogens (tertiary/aromatic N) is 1. The lowest BCUT2D eigenvalue weighted by atomic mass is 10.5. The lowest BCUT2D eigenvalue weighted by Gasteiger charge is -2.00. The van der Waals surface area contributed by atoms with Crippen molar-refractivity contribution in [1.82, 2.24) is 10.3 Å². The van der Waals surface area contributed by atoms with Crippen LogP contribution in [-0.4, -0.2) is 24.3 Å². The van der Waals surface area contributed by atoms with Gasteiger partial charge in [-0.15, -0.1) is 11.8 Å². The highest BCUT2D eigenvalue weighted by Crippen LogP contribution is 2.19. The van der Waals surface area contributed by atoms with Gasteiger partial charge in [-0.1, -0.05) is 0 Å². The molecule has 0 radical (unpaired) electrons. The zero-order chi connectivity index (χ0) is 8.81. The number of aromatic nitrogens is 1. The highest BCUT2D eigenvalue weighted by Gasteiger charge is 1.94. The number of rotatable bonds is 4. The first kappa shape index (κ1) is 10.0. The largest absolute Gasteiger partial charge is 0.319 e. The van der Waals surface area contributed by atoms with Crippen LogP contribution in [0.1, 0.15) is 0 Å². The van der Waals surface area contributed by atoms with Crippen molar-refractivity contribution in [3.63, 3.8) is 0 Å². The third-order valence-corrected chi connectivity index (χ3v) is 2.70. The fraction of sp³-hybridized carbons (Fsp3) is 0.375. The van der Waals surface area contributed by atoms with Crippen LogP contribution in [-0.2, 0) is 0 Å². The molecule has 0 unspecified atom stereocenters. The standard InChI is InChI=1S/C8H11BrN2S/c1-10-2-3-12-8-4-7(9)5-11-6-8/h4-6,10H,2-3H2,1H3. The number of nitrogens with one attached hydrogen (secondary N) is 1. The fourth-order valence-electron chi connectivity index (χ4n) is 0.742. The average Bonchev–Trinajstić information content (AvgIpc) is 2.05. The molecule has 1 rings (SSSR count). The van der Waals surface area contributed by atoms with Crippen molar-refractivity contribution in [3.05, 3.63) is 22.9 Å². The molecule has 0 bridgehead atoms. The van der Waals surface area contributed by atoms with E-state index in [9.17, 15) is 0 Å². The Kier molecular flexibility index (Phi) is 4.65. The zero-order valence-corrected chi connectivity index (χ0v) is 9.28. The van der Waals surface area contributed by atoms with Gasteiger partial charge in [-0.25, -0.2) is 0 Å². The number of hydrogen-bond acceptors (Lipinski definition) is 3. The van der Waals surface area contributed by atoms with Crippen LogP contribution in [0.2, 0.25) is 0 Å². The summed E-state index contributed by atoms with van der Waals surface area (Å²) in [6, 6.07) is 2.08. The van der Waals surface area contributed by atoms with E-state index in [0.29, 0.717) is 0 Å². The van der Waals surface area contributed by atoms with Crippen molar-refractivity contribution in [1.29, 1.82) is 0 Å². The Morgan fingerprint density at radius 2 is 2.42 bits per heavy atom. The van der Waals surface area contributed by atoms with Crippen molar-refractivity contribution in [2.24, 2.45) is 0 Å². The van der Waals surface area contributed by atoms with Gasteiger partial charge in [0.2, 0.25) is 0 Å². The lowest BCUT2D eigenvalue weighted by molar-refractivity contribution is 0.871. The van der Waals surface area contributed by atoms with E-state index < -0.39 is 0 Å². The minimum Gasteiger partial charge on any atom is -0.319 e. The van der Waals surface area contributed by atoms with Gasteiger partial charge >= 0.3 is 0 Å². The van der Waals surface area contributed by atoms with Crippen LogP contribution in [0.25, 0.3) is 0 Å². The SMILES string of the molecule is CNCCSc1cncc(Br)c1. The third-order valence-electron chi connectivity index (χ3n) is 1.30. The predicted molar refractivity (Wildman–Crippen MR) is 56.6 cm³/mol. The molecule has 1 aromatic rings. The Hall–Kier alpha value is -0.0600. The molecule has 12 heavy (non-hydrogen) atoms. The molecule has 2 nitrogen and oxygen atoms in total. The van der Waals surface area contributed by atoms with Crippen LogP contribution in [0.15, 0.2) is 27.8 Å². The summed E-state index contributed by atoms with van der Waals surface area (Å²) >= 11 is 5.18. The van der Waals surface area contributed by atoms with E-state index >= 15 is 0 Å². The molecular weight excluding hydrogens is 236 g/mol. The molecule has 4 heteroatoms. The third kappa shape index (κ3) is 3.56. The summed E-state index contributed by atoms with van der Waals surface area (Å²) in [6.45, 7) is 1.02. The summed E-state index contributed by atoms with van der Waals surface area (Å²) in [5.74, 6) is 1.08. The van der Waals surface area contributed by atoms with Crippen LogP contribution in [0.5, 0.6) is 0 Å².